The van der Waals surface area contributed by atoms with Crippen LogP contribution in [0.1, 0.15) is 27.0 Å². The fraction of sp³-hybridized carbons (Fsp3) is 0.250. The molecule has 3 heterocycles. The van der Waals surface area contributed by atoms with Crippen LogP contribution in [0.5, 0.6) is 5.88 Å². The Morgan fingerprint density at radius 2 is 1.75 bits per heavy atom. The highest BCUT2D eigenvalue weighted by Crippen LogP contribution is 2.34. The number of hydrogen-bond donors (Lipinski definition) is 2. The molecule has 2 N–H and O–H groups in total. The molecule has 0 unspecified atom stereocenters. The van der Waals surface area contributed by atoms with Crippen molar-refractivity contribution in [1.29, 1.82) is 0 Å². The van der Waals surface area contributed by atoms with Crippen molar-refractivity contribution in [2.75, 3.05) is 33.2 Å². The average Bonchev–Trinajstić information content (AvgIpc) is 3.14. The van der Waals surface area contributed by atoms with Gasteiger partial charge in [-0.25, -0.2) is 9.79 Å². The van der Waals surface area contributed by atoms with Gasteiger partial charge in [-0.15, -0.1) is 0 Å². The molecule has 1 aliphatic heterocycles. The summed E-state index contributed by atoms with van der Waals surface area (Å²) >= 11 is 0. The molecule has 184 valence electrons. The molecule has 0 atom stereocenters. The van der Waals surface area contributed by atoms with Crippen molar-refractivity contribution in [3.05, 3.63) is 89.2 Å². The van der Waals surface area contributed by atoms with Crippen molar-refractivity contribution < 1.29 is 15.0 Å². The van der Waals surface area contributed by atoms with E-state index in [1.807, 2.05) is 24.3 Å². The first-order chi connectivity index (χ1) is 17.4. The fourth-order valence-corrected chi connectivity index (χ4v) is 4.63. The number of hydrogen-bond acceptors (Lipinski definition) is 6. The van der Waals surface area contributed by atoms with E-state index in [-0.39, 0.29) is 11.4 Å². The number of aromatic nitrogens is 2. The predicted molar refractivity (Wildman–Crippen MR) is 140 cm³/mol. The number of fused-ring (bicyclic) bond motifs is 1. The summed E-state index contributed by atoms with van der Waals surface area (Å²) in [5.41, 5.74) is 4.55. The molecule has 0 spiro atoms. The van der Waals surface area contributed by atoms with Crippen molar-refractivity contribution in [2.24, 2.45) is 12.0 Å². The number of nitrogens with zero attached hydrogens (tertiary/aromatic N) is 5. The van der Waals surface area contributed by atoms with E-state index >= 15 is 0 Å². The summed E-state index contributed by atoms with van der Waals surface area (Å²) in [7, 11) is 3.90. The second-order valence-electron chi connectivity index (χ2n) is 9.24. The first-order valence-corrected chi connectivity index (χ1v) is 11.9. The van der Waals surface area contributed by atoms with Gasteiger partial charge in [-0.05, 0) is 55.1 Å². The van der Waals surface area contributed by atoms with Crippen molar-refractivity contribution in [1.82, 2.24) is 19.4 Å². The van der Waals surface area contributed by atoms with Crippen LogP contribution in [-0.4, -0.2) is 74.5 Å². The predicted octanol–water partition coefficient (Wildman–Crippen LogP) is 3.89. The van der Waals surface area contributed by atoms with E-state index in [0.29, 0.717) is 22.2 Å². The van der Waals surface area contributed by atoms with E-state index in [2.05, 4.69) is 34.0 Å². The molecule has 8 nitrogen and oxygen atoms in total. The smallest absolute Gasteiger partial charge is 0.335 e. The zero-order valence-corrected chi connectivity index (χ0v) is 20.4. The van der Waals surface area contributed by atoms with Gasteiger partial charge in [0.1, 0.15) is 0 Å². The number of carbonyl (C=O) groups is 1. The fourth-order valence-electron chi connectivity index (χ4n) is 4.63. The highest BCUT2D eigenvalue weighted by Gasteiger charge is 2.22. The topological polar surface area (TPSA) is 94.2 Å². The van der Waals surface area contributed by atoms with E-state index in [4.69, 9.17) is 4.99 Å². The Morgan fingerprint density at radius 1 is 1.00 bits per heavy atom. The maximum absolute atomic E-state index is 11.7. The normalized spacial score (nSPS) is 15.4. The molecule has 0 bridgehead atoms. The maximum Gasteiger partial charge on any atom is 0.335 e. The largest absolute Gasteiger partial charge is 0.494 e. The van der Waals surface area contributed by atoms with Gasteiger partial charge >= 0.3 is 5.97 Å². The molecule has 1 aliphatic rings. The zero-order valence-electron chi connectivity index (χ0n) is 20.4. The van der Waals surface area contributed by atoms with Crippen molar-refractivity contribution >= 4 is 28.3 Å². The molecule has 0 amide bonds. The van der Waals surface area contributed by atoms with Crippen LogP contribution >= 0.6 is 0 Å². The van der Waals surface area contributed by atoms with E-state index in [1.165, 1.54) is 11.6 Å². The van der Waals surface area contributed by atoms with Crippen LogP contribution in [0, 0.1) is 0 Å². The van der Waals surface area contributed by atoms with Crippen LogP contribution in [0.4, 0.5) is 5.69 Å². The molecule has 0 saturated carbocycles. The number of rotatable bonds is 6. The number of pyridine rings is 1. The molecule has 1 fully saturated rings. The third kappa shape index (κ3) is 4.73. The number of aromatic carboxylic acids is 1. The molecule has 0 aliphatic carbocycles. The minimum absolute atomic E-state index is 0.0156. The molecule has 4 aromatic rings. The van der Waals surface area contributed by atoms with Crippen molar-refractivity contribution in [3.63, 3.8) is 0 Å². The van der Waals surface area contributed by atoms with Crippen molar-refractivity contribution in [3.8, 4) is 5.88 Å². The minimum Gasteiger partial charge on any atom is -0.494 e. The van der Waals surface area contributed by atoms with Gasteiger partial charge in [-0.3, -0.25) is 9.88 Å². The standard InChI is InChI=1S/C28H29N5O3/c1-31-12-14-33(15-13-31)18-19-5-8-22(9-6-19)30-26(21-4-3-11-29-17-21)25-23-16-20(28(35)36)7-10-24(23)32(2)27(25)34/h3-11,16-17,34H,12-15,18H2,1-2H3,(H,35,36). The summed E-state index contributed by atoms with van der Waals surface area (Å²) < 4.78 is 1.64. The van der Waals surface area contributed by atoms with Crippen molar-refractivity contribution in [2.45, 2.75) is 6.54 Å². The second-order valence-corrected chi connectivity index (χ2v) is 9.24. The lowest BCUT2D eigenvalue weighted by Crippen LogP contribution is -2.43. The van der Waals surface area contributed by atoms with Gasteiger partial charge in [0.25, 0.3) is 0 Å². The van der Waals surface area contributed by atoms with E-state index < -0.39 is 5.97 Å². The summed E-state index contributed by atoms with van der Waals surface area (Å²) in [6.45, 7) is 5.17. The summed E-state index contributed by atoms with van der Waals surface area (Å²) in [5.74, 6) is -1.01. The Labute approximate surface area is 209 Å². The molecular weight excluding hydrogens is 454 g/mol. The zero-order chi connectivity index (χ0) is 25.2. The SMILES string of the molecule is CN1CCN(Cc2ccc(N=C(c3cccnc3)c3c(O)n(C)c4ccc(C(=O)O)cc34)cc2)CC1. The van der Waals surface area contributed by atoms with Crippen LogP contribution in [0.2, 0.25) is 0 Å². The molecule has 2 aromatic carbocycles. The highest BCUT2D eigenvalue weighted by molar-refractivity contribution is 6.22. The lowest BCUT2D eigenvalue weighted by molar-refractivity contribution is 0.0697. The Morgan fingerprint density at radius 3 is 2.42 bits per heavy atom. The third-order valence-corrected chi connectivity index (χ3v) is 6.77. The first-order valence-electron chi connectivity index (χ1n) is 11.9. The quantitative estimate of drug-likeness (QED) is 0.404. The number of aromatic hydroxyl groups is 1. The monoisotopic (exact) mass is 483 g/mol. The number of benzene rings is 2. The second kappa shape index (κ2) is 9.93. The van der Waals surface area contributed by atoms with E-state index in [9.17, 15) is 15.0 Å². The van der Waals surface area contributed by atoms with Crippen LogP contribution in [0.3, 0.4) is 0 Å². The van der Waals surface area contributed by atoms with Gasteiger partial charge in [0.15, 0.2) is 0 Å². The Balaban J connectivity index is 1.56. The minimum atomic E-state index is -1.03. The maximum atomic E-state index is 11.7. The van der Waals surface area contributed by atoms with Gasteiger partial charge < -0.3 is 19.7 Å². The molecule has 1 saturated heterocycles. The first kappa shape index (κ1) is 23.7. The number of likely N-dealkylation sites (N-methyl/N-ethyl adjacent to an activating group) is 1. The van der Waals surface area contributed by atoms with Gasteiger partial charge in [-0.2, -0.15) is 0 Å². The summed E-state index contributed by atoms with van der Waals surface area (Å²) in [5, 5.41) is 21.3. The average molecular weight is 484 g/mol. The number of piperazine rings is 1. The van der Waals surface area contributed by atoms with Gasteiger partial charge in [0.2, 0.25) is 5.88 Å². The lowest BCUT2D eigenvalue weighted by Gasteiger charge is -2.32. The summed E-state index contributed by atoms with van der Waals surface area (Å²) in [6, 6.07) is 16.6. The Hall–Kier alpha value is -4.01. The van der Waals surface area contributed by atoms with E-state index in [1.54, 1.807) is 36.1 Å². The lowest BCUT2D eigenvalue weighted by atomic mass is 10.0. The molecule has 36 heavy (non-hydrogen) atoms. The number of carboxylic acids is 1. The molecule has 8 heteroatoms. The van der Waals surface area contributed by atoms with Crippen LogP contribution in [0.15, 0.2) is 72.0 Å². The summed E-state index contributed by atoms with van der Waals surface area (Å²) in [4.78, 5) is 25.6. The van der Waals surface area contributed by atoms with Gasteiger partial charge in [0, 0.05) is 63.1 Å². The molecule has 0 radical (unpaired) electrons. The number of carboxylic acid groups (broad SMARTS) is 1. The van der Waals surface area contributed by atoms with Crippen LogP contribution in [0.25, 0.3) is 10.9 Å². The third-order valence-electron chi connectivity index (χ3n) is 6.77. The van der Waals surface area contributed by atoms with E-state index in [0.717, 1.165) is 44.0 Å². The Bertz CT molecular complexity index is 1420. The highest BCUT2D eigenvalue weighted by atomic mass is 16.4. The molecule has 5 rings (SSSR count). The number of aryl methyl sites for hydroxylation is 1. The van der Waals surface area contributed by atoms with Crippen LogP contribution < -0.4 is 0 Å². The molecule has 2 aromatic heterocycles. The summed E-state index contributed by atoms with van der Waals surface area (Å²) in [6.07, 6.45) is 3.37. The number of aliphatic imine (C=N–C) groups is 1. The van der Waals surface area contributed by atoms with Crippen LogP contribution in [-0.2, 0) is 13.6 Å². The van der Waals surface area contributed by atoms with Gasteiger partial charge in [-0.1, -0.05) is 12.1 Å². The molecular formula is C28H29N5O3. The van der Waals surface area contributed by atoms with Gasteiger partial charge in [0.05, 0.1) is 28.0 Å². The Kier molecular flexibility index (Phi) is 6.54.